The highest BCUT2D eigenvalue weighted by Gasteiger charge is 2.13. The number of thiazole rings is 1. The molecule has 0 aliphatic heterocycles. The molecule has 0 aliphatic rings. The molecule has 4 nitrogen and oxygen atoms in total. The van der Waals surface area contributed by atoms with Crippen LogP contribution in [-0.2, 0) is 0 Å². The fourth-order valence-electron chi connectivity index (χ4n) is 2.50. The Kier molecular flexibility index (Phi) is 4.14. The number of pyridine rings is 1. The number of fused-ring (bicyclic) bond motifs is 1. The first-order chi connectivity index (χ1) is 12.6. The van der Waals surface area contributed by atoms with Crippen molar-refractivity contribution in [1.29, 1.82) is 0 Å². The molecule has 0 radical (unpaired) electrons. The van der Waals surface area contributed by atoms with Gasteiger partial charge in [0.05, 0.1) is 5.56 Å². The average Bonchev–Trinajstić information content (AvgIpc) is 3.06. The summed E-state index contributed by atoms with van der Waals surface area (Å²) in [4.78, 5) is 21.9. The van der Waals surface area contributed by atoms with E-state index >= 15 is 0 Å². The van der Waals surface area contributed by atoms with Gasteiger partial charge in [0, 0.05) is 23.5 Å². The van der Waals surface area contributed by atoms with E-state index in [9.17, 15) is 13.6 Å². The van der Waals surface area contributed by atoms with Crippen LogP contribution in [0, 0.1) is 11.6 Å². The quantitative estimate of drug-likeness (QED) is 0.561. The summed E-state index contributed by atoms with van der Waals surface area (Å²) in [5, 5.41) is 3.39. The first-order valence-corrected chi connectivity index (χ1v) is 8.50. The lowest BCUT2D eigenvalue weighted by atomic mass is 10.1. The molecule has 4 aromatic rings. The monoisotopic (exact) mass is 367 g/mol. The standard InChI is InChI=1S/C19H11F2N3OS/c20-12-6-7-14(15(21)10-12)17(25)23-13-4-1-3-11(9-13)18-24-16-5-2-8-22-19(16)26-18/h1-10H,(H,23,25). The number of carbonyl (C=O) groups excluding carboxylic acids is 1. The van der Waals surface area contributed by atoms with Crippen molar-refractivity contribution in [2.24, 2.45) is 0 Å². The van der Waals surface area contributed by atoms with Crippen LogP contribution in [0.2, 0.25) is 0 Å². The third kappa shape index (κ3) is 3.16. The Labute approximate surface area is 151 Å². The molecule has 0 saturated heterocycles. The molecule has 1 N–H and O–H groups in total. The normalized spacial score (nSPS) is 10.8. The molecule has 128 valence electrons. The number of rotatable bonds is 3. The molecule has 2 aromatic heterocycles. The van der Waals surface area contributed by atoms with Gasteiger partial charge in [-0.3, -0.25) is 4.79 Å². The lowest BCUT2D eigenvalue weighted by Crippen LogP contribution is -2.13. The van der Waals surface area contributed by atoms with Gasteiger partial charge in [0.2, 0.25) is 0 Å². The minimum atomic E-state index is -0.907. The van der Waals surface area contributed by atoms with Crippen molar-refractivity contribution in [1.82, 2.24) is 9.97 Å². The fraction of sp³-hybridized carbons (Fsp3) is 0. The Morgan fingerprint density at radius 2 is 1.92 bits per heavy atom. The maximum absolute atomic E-state index is 13.7. The molecule has 0 fully saturated rings. The number of hydrogen-bond acceptors (Lipinski definition) is 4. The van der Waals surface area contributed by atoms with Crippen LogP contribution in [0.5, 0.6) is 0 Å². The zero-order chi connectivity index (χ0) is 18.1. The van der Waals surface area contributed by atoms with E-state index in [-0.39, 0.29) is 5.56 Å². The smallest absolute Gasteiger partial charge is 0.258 e. The van der Waals surface area contributed by atoms with Crippen LogP contribution in [0.3, 0.4) is 0 Å². The Hall–Kier alpha value is -3.19. The Morgan fingerprint density at radius 1 is 1.04 bits per heavy atom. The molecule has 0 atom stereocenters. The van der Waals surface area contributed by atoms with Crippen LogP contribution in [0.1, 0.15) is 10.4 Å². The van der Waals surface area contributed by atoms with E-state index in [1.54, 1.807) is 24.4 Å². The van der Waals surface area contributed by atoms with Gasteiger partial charge in [0.25, 0.3) is 5.91 Å². The van der Waals surface area contributed by atoms with Crippen molar-refractivity contribution < 1.29 is 13.6 Å². The second-order valence-electron chi connectivity index (χ2n) is 5.51. The third-order valence-corrected chi connectivity index (χ3v) is 4.74. The summed E-state index contributed by atoms with van der Waals surface area (Å²) in [5.41, 5.74) is 1.88. The minimum Gasteiger partial charge on any atom is -0.322 e. The van der Waals surface area contributed by atoms with Crippen molar-refractivity contribution in [2.45, 2.75) is 0 Å². The van der Waals surface area contributed by atoms with E-state index in [2.05, 4.69) is 15.3 Å². The van der Waals surface area contributed by atoms with E-state index in [0.717, 1.165) is 33.1 Å². The highest BCUT2D eigenvalue weighted by Crippen LogP contribution is 2.30. The maximum Gasteiger partial charge on any atom is 0.258 e. The van der Waals surface area contributed by atoms with E-state index in [1.165, 1.54) is 11.3 Å². The topological polar surface area (TPSA) is 54.9 Å². The number of benzene rings is 2. The molecular formula is C19H11F2N3OS. The van der Waals surface area contributed by atoms with Crippen LogP contribution in [0.25, 0.3) is 20.9 Å². The summed E-state index contributed by atoms with van der Waals surface area (Å²) in [6.45, 7) is 0. The van der Waals surface area contributed by atoms with E-state index < -0.39 is 17.5 Å². The first-order valence-electron chi connectivity index (χ1n) is 7.68. The summed E-state index contributed by atoms with van der Waals surface area (Å²) in [6, 6.07) is 13.6. The molecule has 2 heterocycles. The molecule has 26 heavy (non-hydrogen) atoms. The number of nitrogens with one attached hydrogen (secondary N) is 1. The molecule has 0 spiro atoms. The second-order valence-corrected chi connectivity index (χ2v) is 6.48. The molecular weight excluding hydrogens is 356 g/mol. The Bertz CT molecular complexity index is 1090. The fourth-order valence-corrected chi connectivity index (χ4v) is 3.40. The summed E-state index contributed by atoms with van der Waals surface area (Å²) in [6.07, 6.45) is 1.71. The zero-order valence-electron chi connectivity index (χ0n) is 13.2. The Balaban J connectivity index is 1.62. The van der Waals surface area contributed by atoms with Crippen molar-refractivity contribution >= 4 is 33.3 Å². The van der Waals surface area contributed by atoms with Crippen molar-refractivity contribution in [2.75, 3.05) is 5.32 Å². The van der Waals surface area contributed by atoms with E-state index in [4.69, 9.17) is 0 Å². The zero-order valence-corrected chi connectivity index (χ0v) is 14.1. The SMILES string of the molecule is O=C(Nc1cccc(-c2nc3cccnc3s2)c1)c1ccc(F)cc1F. The predicted molar refractivity (Wildman–Crippen MR) is 97.2 cm³/mol. The van der Waals surface area contributed by atoms with Gasteiger partial charge in [-0.15, -0.1) is 0 Å². The van der Waals surface area contributed by atoms with Gasteiger partial charge in [-0.05, 0) is 36.4 Å². The largest absolute Gasteiger partial charge is 0.322 e. The van der Waals surface area contributed by atoms with Crippen molar-refractivity contribution in [3.8, 4) is 10.6 Å². The average molecular weight is 367 g/mol. The van der Waals surface area contributed by atoms with Gasteiger partial charge in [-0.25, -0.2) is 18.7 Å². The van der Waals surface area contributed by atoms with Crippen molar-refractivity contribution in [3.63, 3.8) is 0 Å². The number of anilines is 1. The molecule has 0 aliphatic carbocycles. The number of amides is 1. The van der Waals surface area contributed by atoms with Gasteiger partial charge in [-0.1, -0.05) is 23.5 Å². The lowest BCUT2D eigenvalue weighted by Gasteiger charge is -2.07. The van der Waals surface area contributed by atoms with Crippen LogP contribution in [-0.4, -0.2) is 15.9 Å². The van der Waals surface area contributed by atoms with Crippen LogP contribution < -0.4 is 5.32 Å². The van der Waals surface area contributed by atoms with Crippen LogP contribution in [0.4, 0.5) is 14.5 Å². The number of hydrogen-bond donors (Lipinski definition) is 1. The molecule has 0 bridgehead atoms. The Morgan fingerprint density at radius 3 is 2.73 bits per heavy atom. The van der Waals surface area contributed by atoms with E-state index in [1.807, 2.05) is 18.2 Å². The summed E-state index contributed by atoms with van der Waals surface area (Å²) < 4.78 is 26.7. The van der Waals surface area contributed by atoms with Gasteiger partial charge in [0.1, 0.15) is 27.0 Å². The predicted octanol–water partition coefficient (Wildman–Crippen LogP) is 4.89. The number of aromatic nitrogens is 2. The highest BCUT2D eigenvalue weighted by molar-refractivity contribution is 7.21. The number of nitrogens with zero attached hydrogens (tertiary/aromatic N) is 2. The van der Waals surface area contributed by atoms with Crippen molar-refractivity contribution in [3.05, 3.63) is 78.0 Å². The van der Waals surface area contributed by atoms with Gasteiger partial charge < -0.3 is 5.32 Å². The molecule has 2 aromatic carbocycles. The molecule has 7 heteroatoms. The van der Waals surface area contributed by atoms with Crippen LogP contribution in [0.15, 0.2) is 60.8 Å². The minimum absolute atomic E-state index is 0.221. The van der Waals surface area contributed by atoms with E-state index in [0.29, 0.717) is 11.8 Å². The summed E-state index contributed by atoms with van der Waals surface area (Å²) in [5.74, 6) is -2.29. The maximum atomic E-state index is 13.7. The third-order valence-electron chi connectivity index (χ3n) is 3.71. The molecule has 0 saturated carbocycles. The number of carbonyl (C=O) groups is 1. The molecule has 0 unspecified atom stereocenters. The van der Waals surface area contributed by atoms with Gasteiger partial charge >= 0.3 is 0 Å². The number of halogens is 2. The summed E-state index contributed by atoms with van der Waals surface area (Å²) in [7, 11) is 0. The molecule has 4 rings (SSSR count). The highest BCUT2D eigenvalue weighted by atomic mass is 32.1. The lowest BCUT2D eigenvalue weighted by molar-refractivity contribution is 0.102. The molecule has 1 amide bonds. The second kappa shape index (κ2) is 6.61. The summed E-state index contributed by atoms with van der Waals surface area (Å²) >= 11 is 1.44. The van der Waals surface area contributed by atoms with Gasteiger partial charge in [-0.2, -0.15) is 0 Å². The van der Waals surface area contributed by atoms with Crippen LogP contribution >= 0.6 is 11.3 Å². The first kappa shape index (κ1) is 16.3. The van der Waals surface area contributed by atoms with Gasteiger partial charge in [0.15, 0.2) is 0 Å².